The molecule has 1 N–H and O–H groups in total. The molecule has 0 aliphatic rings. The van der Waals surface area contributed by atoms with Crippen molar-refractivity contribution in [3.8, 4) is 0 Å². The van der Waals surface area contributed by atoms with Gasteiger partial charge in [-0.1, -0.05) is 104 Å². The predicted octanol–water partition coefficient (Wildman–Crippen LogP) is 6.97. The van der Waals surface area contributed by atoms with Crippen molar-refractivity contribution < 1.29 is 29.4 Å². The van der Waals surface area contributed by atoms with Crippen molar-refractivity contribution in [3.05, 3.63) is 0 Å². The van der Waals surface area contributed by atoms with E-state index in [0.29, 0.717) is 0 Å². The zero-order valence-corrected chi connectivity index (χ0v) is 18.9. The Morgan fingerprint density at radius 3 is 1.26 bits per heavy atom. The van der Waals surface area contributed by atoms with Crippen LogP contribution in [0.5, 0.6) is 0 Å². The molecule has 0 rings (SSSR count). The maximum Gasteiger partial charge on any atom is 0.306 e. The molecule has 0 aromatic rings. The van der Waals surface area contributed by atoms with Crippen LogP contribution in [0.25, 0.3) is 0 Å². The molecule has 1 unspecified atom stereocenters. The number of carboxylic acids is 1. The summed E-state index contributed by atoms with van der Waals surface area (Å²) >= 11 is 0. The standard InChI is InChI=1S/C20H40O2.Zn/c1-3-5-7-9-11-12-14-16-18-19(20(21)22)17-15-13-10-8-6-4-2;/h19H,3-18H2,1-2H3,(H,21,22);. The van der Waals surface area contributed by atoms with Gasteiger partial charge in [-0.15, -0.1) is 0 Å². The number of aliphatic carboxylic acids is 1. The third kappa shape index (κ3) is 18.3. The average molecular weight is 378 g/mol. The van der Waals surface area contributed by atoms with E-state index in [-0.39, 0.29) is 25.4 Å². The fourth-order valence-electron chi connectivity index (χ4n) is 3.09. The van der Waals surface area contributed by atoms with E-state index in [1.807, 2.05) is 0 Å². The van der Waals surface area contributed by atoms with Crippen molar-refractivity contribution in [3.63, 3.8) is 0 Å². The van der Waals surface area contributed by atoms with Gasteiger partial charge in [-0.2, -0.15) is 0 Å². The Hall–Kier alpha value is 0.0934. The van der Waals surface area contributed by atoms with Crippen molar-refractivity contribution in [1.29, 1.82) is 0 Å². The second-order valence-corrected chi connectivity index (χ2v) is 6.86. The molecule has 0 heterocycles. The summed E-state index contributed by atoms with van der Waals surface area (Å²) in [6.45, 7) is 4.47. The van der Waals surface area contributed by atoms with Crippen molar-refractivity contribution >= 4 is 5.97 Å². The minimum atomic E-state index is -0.573. The number of carbonyl (C=O) groups is 1. The molecule has 0 aromatic heterocycles. The van der Waals surface area contributed by atoms with Gasteiger partial charge in [-0.25, -0.2) is 0 Å². The summed E-state index contributed by atoms with van der Waals surface area (Å²) in [6.07, 6.45) is 19.6. The van der Waals surface area contributed by atoms with Crippen LogP contribution in [-0.2, 0) is 24.3 Å². The van der Waals surface area contributed by atoms with Gasteiger partial charge in [0.05, 0.1) is 5.92 Å². The molecule has 1 atom stereocenters. The van der Waals surface area contributed by atoms with Crippen LogP contribution in [-0.4, -0.2) is 11.1 Å². The Labute approximate surface area is 158 Å². The molecule has 0 amide bonds. The quantitative estimate of drug-likeness (QED) is 0.219. The van der Waals surface area contributed by atoms with E-state index in [9.17, 15) is 9.90 Å². The molecule has 3 heteroatoms. The van der Waals surface area contributed by atoms with E-state index in [1.54, 1.807) is 0 Å². The summed E-state index contributed by atoms with van der Waals surface area (Å²) in [4.78, 5) is 11.3. The third-order valence-electron chi connectivity index (χ3n) is 4.66. The number of rotatable bonds is 17. The molecule has 0 fully saturated rings. The largest absolute Gasteiger partial charge is 0.481 e. The molecule has 23 heavy (non-hydrogen) atoms. The van der Waals surface area contributed by atoms with Gasteiger partial charge in [-0.3, -0.25) is 4.79 Å². The minimum absolute atomic E-state index is 0. The van der Waals surface area contributed by atoms with Crippen molar-refractivity contribution in [1.82, 2.24) is 0 Å². The van der Waals surface area contributed by atoms with Crippen LogP contribution in [0.3, 0.4) is 0 Å². The second kappa shape index (κ2) is 20.1. The van der Waals surface area contributed by atoms with Crippen LogP contribution in [0.2, 0.25) is 0 Å². The Morgan fingerprint density at radius 1 is 0.652 bits per heavy atom. The first kappa shape index (κ1) is 25.3. The minimum Gasteiger partial charge on any atom is -0.481 e. The number of hydrogen-bond acceptors (Lipinski definition) is 1. The molecule has 0 aromatic carbocycles. The first-order valence-corrected chi connectivity index (χ1v) is 9.95. The number of hydrogen-bond donors (Lipinski definition) is 1. The van der Waals surface area contributed by atoms with Gasteiger partial charge < -0.3 is 5.11 Å². The monoisotopic (exact) mass is 376 g/mol. The van der Waals surface area contributed by atoms with Gasteiger partial charge in [0.1, 0.15) is 0 Å². The molecule has 2 nitrogen and oxygen atoms in total. The Balaban J connectivity index is 0. The van der Waals surface area contributed by atoms with Crippen LogP contribution in [0, 0.1) is 5.92 Å². The van der Waals surface area contributed by atoms with E-state index in [2.05, 4.69) is 13.8 Å². The zero-order chi connectivity index (χ0) is 16.5. The van der Waals surface area contributed by atoms with E-state index >= 15 is 0 Å². The predicted molar refractivity (Wildman–Crippen MR) is 96.3 cm³/mol. The SMILES string of the molecule is CCCCCCCCCCC(CCCCCCCC)C(=O)O.[Zn]. The Kier molecular flexibility index (Phi) is 22.2. The maximum absolute atomic E-state index is 11.3. The second-order valence-electron chi connectivity index (χ2n) is 6.86. The molecule has 0 aliphatic carbocycles. The van der Waals surface area contributed by atoms with Gasteiger partial charge >= 0.3 is 5.97 Å². The average Bonchev–Trinajstić information content (AvgIpc) is 2.50. The molecular weight excluding hydrogens is 338 g/mol. The summed E-state index contributed by atoms with van der Waals surface area (Å²) in [5.74, 6) is -0.664. The molecule has 134 valence electrons. The topological polar surface area (TPSA) is 37.3 Å². The summed E-state index contributed by atoms with van der Waals surface area (Å²) in [6, 6.07) is 0. The van der Waals surface area contributed by atoms with Gasteiger partial charge in [0.2, 0.25) is 0 Å². The van der Waals surface area contributed by atoms with E-state index in [1.165, 1.54) is 77.0 Å². The van der Waals surface area contributed by atoms with Crippen molar-refractivity contribution in [2.75, 3.05) is 0 Å². The molecule has 0 radical (unpaired) electrons. The van der Waals surface area contributed by atoms with Gasteiger partial charge in [0.15, 0.2) is 0 Å². The summed E-state index contributed by atoms with van der Waals surface area (Å²) < 4.78 is 0. The first-order chi connectivity index (χ1) is 10.7. The molecular formula is C20H40O2Zn. The zero-order valence-electron chi connectivity index (χ0n) is 16.0. The molecule has 0 saturated heterocycles. The van der Waals surface area contributed by atoms with E-state index in [0.717, 1.165) is 25.7 Å². The number of carboxylic acid groups (broad SMARTS) is 1. The van der Waals surface area contributed by atoms with Crippen LogP contribution in [0.1, 0.15) is 117 Å². The van der Waals surface area contributed by atoms with Gasteiger partial charge in [-0.05, 0) is 12.8 Å². The van der Waals surface area contributed by atoms with Crippen LogP contribution >= 0.6 is 0 Å². The molecule has 0 saturated carbocycles. The Morgan fingerprint density at radius 2 is 0.957 bits per heavy atom. The number of unbranched alkanes of at least 4 members (excludes halogenated alkanes) is 12. The van der Waals surface area contributed by atoms with Crippen molar-refractivity contribution in [2.24, 2.45) is 5.92 Å². The molecule has 0 aliphatic heterocycles. The smallest absolute Gasteiger partial charge is 0.306 e. The van der Waals surface area contributed by atoms with Crippen molar-refractivity contribution in [2.45, 2.75) is 117 Å². The first-order valence-electron chi connectivity index (χ1n) is 9.95. The van der Waals surface area contributed by atoms with Gasteiger partial charge in [0.25, 0.3) is 0 Å². The summed E-state index contributed by atoms with van der Waals surface area (Å²) in [5.41, 5.74) is 0. The molecule has 0 bridgehead atoms. The maximum atomic E-state index is 11.3. The van der Waals surface area contributed by atoms with E-state index < -0.39 is 5.97 Å². The fraction of sp³-hybridized carbons (Fsp3) is 0.950. The fourth-order valence-corrected chi connectivity index (χ4v) is 3.09. The summed E-state index contributed by atoms with van der Waals surface area (Å²) in [5, 5.41) is 9.31. The van der Waals surface area contributed by atoms with E-state index in [4.69, 9.17) is 0 Å². The summed E-state index contributed by atoms with van der Waals surface area (Å²) in [7, 11) is 0. The van der Waals surface area contributed by atoms with Crippen LogP contribution < -0.4 is 0 Å². The Bertz CT molecular complexity index is 244. The van der Waals surface area contributed by atoms with Gasteiger partial charge in [0, 0.05) is 19.5 Å². The van der Waals surface area contributed by atoms with Crippen LogP contribution in [0.15, 0.2) is 0 Å². The molecule has 0 spiro atoms. The third-order valence-corrected chi connectivity index (χ3v) is 4.66. The van der Waals surface area contributed by atoms with Crippen LogP contribution in [0.4, 0.5) is 0 Å². The normalized spacial score (nSPS) is 11.9.